The Kier molecular flexibility index (Phi) is 4.24. The molecule has 1 saturated heterocycles. The van der Waals surface area contributed by atoms with Gasteiger partial charge in [-0.3, -0.25) is 0 Å². The first kappa shape index (κ1) is 17.0. The van der Waals surface area contributed by atoms with E-state index in [0.717, 1.165) is 16.6 Å². The maximum atomic E-state index is 12.6. The second-order valence-corrected chi connectivity index (χ2v) is 6.89. The van der Waals surface area contributed by atoms with Crippen molar-refractivity contribution in [2.75, 3.05) is 18.4 Å². The predicted octanol–water partition coefficient (Wildman–Crippen LogP) is 3.06. The van der Waals surface area contributed by atoms with Crippen molar-refractivity contribution in [1.29, 1.82) is 5.26 Å². The number of benzene rings is 2. The zero-order chi connectivity index (χ0) is 18.9. The summed E-state index contributed by atoms with van der Waals surface area (Å²) in [5.74, 6) is 0. The average Bonchev–Trinajstić information content (AvgIpc) is 3.09. The topological polar surface area (TPSA) is 86.8 Å². The van der Waals surface area contributed by atoms with Gasteiger partial charge in [0, 0.05) is 25.8 Å². The molecular weight excluding hydrogens is 340 g/mol. The molecule has 1 aliphatic heterocycles. The summed E-state index contributed by atoms with van der Waals surface area (Å²) in [4.78, 5) is 14.4. The number of anilines is 1. The van der Waals surface area contributed by atoms with E-state index in [1.165, 1.54) is 0 Å². The highest BCUT2D eigenvalue weighted by Crippen LogP contribution is 2.35. The summed E-state index contributed by atoms with van der Waals surface area (Å²) in [6.07, 6.45) is 1.26. The Balaban J connectivity index is 1.44. The quantitative estimate of drug-likeness (QED) is 0.761. The van der Waals surface area contributed by atoms with Crippen LogP contribution in [-0.4, -0.2) is 39.0 Å². The number of nitrogens with one attached hydrogen (secondary N) is 1. The van der Waals surface area contributed by atoms with Gasteiger partial charge in [-0.25, -0.2) is 9.48 Å². The van der Waals surface area contributed by atoms with Crippen LogP contribution in [0.1, 0.15) is 18.4 Å². The molecule has 0 unspecified atom stereocenters. The van der Waals surface area contributed by atoms with Crippen LogP contribution in [0.3, 0.4) is 0 Å². The zero-order valence-corrected chi connectivity index (χ0v) is 15.1. The van der Waals surface area contributed by atoms with Gasteiger partial charge in [-0.15, -0.1) is 5.10 Å². The molecule has 1 aromatic heterocycles. The van der Waals surface area contributed by atoms with Crippen LogP contribution < -0.4 is 5.32 Å². The maximum Gasteiger partial charge on any atom is 0.321 e. The van der Waals surface area contributed by atoms with Gasteiger partial charge in [0.1, 0.15) is 5.52 Å². The molecule has 0 atom stereocenters. The lowest BCUT2D eigenvalue weighted by atomic mass is 9.74. The van der Waals surface area contributed by atoms with Crippen LogP contribution in [0.15, 0.2) is 48.5 Å². The minimum Gasteiger partial charge on any atom is -0.324 e. The molecule has 0 bridgehead atoms. The van der Waals surface area contributed by atoms with Crippen molar-refractivity contribution in [2.24, 2.45) is 7.05 Å². The van der Waals surface area contributed by atoms with Crippen molar-refractivity contribution >= 4 is 22.8 Å². The first-order chi connectivity index (χ1) is 13.1. The SMILES string of the molecule is Cn1nnc2cc(NC(=O)N3CCC(C#N)(c4ccccc4)CC3)ccc21. The lowest BCUT2D eigenvalue weighted by Crippen LogP contribution is -2.46. The van der Waals surface area contributed by atoms with Crippen LogP contribution in [0.25, 0.3) is 11.0 Å². The number of likely N-dealkylation sites (tertiary alicyclic amines) is 1. The molecular formula is C20H20N6O. The Morgan fingerprint density at radius 3 is 2.63 bits per heavy atom. The van der Waals surface area contributed by atoms with Crippen LogP contribution in [0.2, 0.25) is 0 Å². The van der Waals surface area contributed by atoms with E-state index >= 15 is 0 Å². The number of carbonyl (C=O) groups is 1. The fourth-order valence-corrected chi connectivity index (χ4v) is 3.63. The summed E-state index contributed by atoms with van der Waals surface area (Å²) in [6, 6.07) is 17.7. The lowest BCUT2D eigenvalue weighted by molar-refractivity contribution is 0.183. The molecule has 27 heavy (non-hydrogen) atoms. The first-order valence-electron chi connectivity index (χ1n) is 8.93. The molecule has 2 aromatic carbocycles. The molecule has 0 saturated carbocycles. The van der Waals surface area contributed by atoms with Crippen LogP contribution in [0, 0.1) is 11.3 Å². The van der Waals surface area contributed by atoms with Crippen molar-refractivity contribution in [3.8, 4) is 6.07 Å². The van der Waals surface area contributed by atoms with Gasteiger partial charge in [-0.1, -0.05) is 35.5 Å². The third-order valence-electron chi connectivity index (χ3n) is 5.31. The molecule has 3 aromatic rings. The fraction of sp³-hybridized carbons (Fsp3) is 0.300. The molecule has 1 fully saturated rings. The van der Waals surface area contributed by atoms with Crippen LogP contribution >= 0.6 is 0 Å². The van der Waals surface area contributed by atoms with Gasteiger partial charge in [0.2, 0.25) is 0 Å². The monoisotopic (exact) mass is 360 g/mol. The number of fused-ring (bicyclic) bond motifs is 1. The van der Waals surface area contributed by atoms with Gasteiger partial charge in [0.05, 0.1) is 17.0 Å². The number of aromatic nitrogens is 3. The van der Waals surface area contributed by atoms with E-state index in [9.17, 15) is 10.1 Å². The summed E-state index contributed by atoms with van der Waals surface area (Å²) in [6.45, 7) is 1.09. The normalized spacial score (nSPS) is 16.1. The van der Waals surface area contributed by atoms with E-state index in [4.69, 9.17) is 0 Å². The third-order valence-corrected chi connectivity index (χ3v) is 5.31. The Hall–Kier alpha value is -3.40. The minimum absolute atomic E-state index is 0.155. The van der Waals surface area contributed by atoms with Gasteiger partial charge in [0.25, 0.3) is 0 Å². The van der Waals surface area contributed by atoms with Crippen molar-refractivity contribution < 1.29 is 4.79 Å². The first-order valence-corrected chi connectivity index (χ1v) is 8.93. The second kappa shape index (κ2) is 6.72. The molecule has 2 amide bonds. The average molecular weight is 360 g/mol. The van der Waals surface area contributed by atoms with Crippen LogP contribution in [0.4, 0.5) is 10.5 Å². The number of piperidine rings is 1. The number of amides is 2. The van der Waals surface area contributed by atoms with Crippen molar-refractivity contribution in [3.05, 3.63) is 54.1 Å². The van der Waals surface area contributed by atoms with E-state index < -0.39 is 5.41 Å². The molecule has 0 radical (unpaired) electrons. The fourth-order valence-electron chi connectivity index (χ4n) is 3.63. The Morgan fingerprint density at radius 1 is 1.19 bits per heavy atom. The summed E-state index contributed by atoms with van der Waals surface area (Å²) in [5, 5.41) is 20.7. The number of hydrogen-bond donors (Lipinski definition) is 1. The van der Waals surface area contributed by atoms with Crippen LogP contribution in [-0.2, 0) is 12.5 Å². The van der Waals surface area contributed by atoms with E-state index in [1.807, 2.05) is 55.6 Å². The number of nitriles is 1. The highest BCUT2D eigenvalue weighted by Gasteiger charge is 2.37. The molecule has 136 valence electrons. The number of aryl methyl sites for hydroxylation is 1. The molecule has 4 rings (SSSR count). The van der Waals surface area contributed by atoms with Gasteiger partial charge in [0.15, 0.2) is 0 Å². The Labute approximate surface area is 157 Å². The molecule has 1 aliphatic rings. The number of urea groups is 1. The number of carbonyl (C=O) groups excluding carboxylic acids is 1. The molecule has 0 aliphatic carbocycles. The minimum atomic E-state index is -0.517. The van der Waals surface area contributed by atoms with E-state index in [1.54, 1.807) is 9.58 Å². The number of nitrogens with zero attached hydrogens (tertiary/aromatic N) is 5. The van der Waals surface area contributed by atoms with E-state index in [2.05, 4.69) is 21.7 Å². The van der Waals surface area contributed by atoms with Gasteiger partial charge < -0.3 is 10.2 Å². The summed E-state index contributed by atoms with van der Waals surface area (Å²) >= 11 is 0. The van der Waals surface area contributed by atoms with Crippen molar-refractivity contribution in [3.63, 3.8) is 0 Å². The smallest absolute Gasteiger partial charge is 0.321 e. The summed E-state index contributed by atoms with van der Waals surface area (Å²) < 4.78 is 1.69. The maximum absolute atomic E-state index is 12.6. The van der Waals surface area contributed by atoms with Gasteiger partial charge in [-0.2, -0.15) is 5.26 Å². The van der Waals surface area contributed by atoms with Crippen molar-refractivity contribution in [1.82, 2.24) is 19.9 Å². The standard InChI is InChI=1S/C20H20N6O/c1-25-18-8-7-16(13-17(18)23-24-25)22-19(27)26-11-9-20(14-21,10-12-26)15-5-3-2-4-6-15/h2-8,13H,9-12H2,1H3,(H,22,27). The highest BCUT2D eigenvalue weighted by atomic mass is 16.2. The van der Waals surface area contributed by atoms with E-state index in [-0.39, 0.29) is 6.03 Å². The van der Waals surface area contributed by atoms with E-state index in [0.29, 0.717) is 31.6 Å². The van der Waals surface area contributed by atoms with Crippen molar-refractivity contribution in [2.45, 2.75) is 18.3 Å². The number of rotatable bonds is 2. The predicted molar refractivity (Wildman–Crippen MR) is 102 cm³/mol. The largest absolute Gasteiger partial charge is 0.324 e. The molecule has 7 heteroatoms. The second-order valence-electron chi connectivity index (χ2n) is 6.89. The zero-order valence-electron chi connectivity index (χ0n) is 15.1. The summed E-state index contributed by atoms with van der Waals surface area (Å²) in [5.41, 5.74) is 2.85. The molecule has 1 N–H and O–H groups in total. The van der Waals surface area contributed by atoms with Gasteiger partial charge in [-0.05, 0) is 36.6 Å². The summed E-state index contributed by atoms with van der Waals surface area (Å²) in [7, 11) is 1.83. The molecule has 7 nitrogen and oxygen atoms in total. The van der Waals surface area contributed by atoms with Gasteiger partial charge >= 0.3 is 6.03 Å². The Morgan fingerprint density at radius 2 is 1.93 bits per heavy atom. The van der Waals surface area contributed by atoms with Crippen LogP contribution in [0.5, 0.6) is 0 Å². The highest BCUT2D eigenvalue weighted by molar-refractivity contribution is 5.92. The lowest BCUT2D eigenvalue weighted by Gasteiger charge is -2.37. The Bertz CT molecular complexity index is 1010. The number of hydrogen-bond acceptors (Lipinski definition) is 4. The molecule has 2 heterocycles. The molecule has 0 spiro atoms. The third kappa shape index (κ3) is 3.10.